The average Bonchev–Trinajstić information content (AvgIpc) is 3.40. The van der Waals surface area contributed by atoms with Gasteiger partial charge < -0.3 is 24.5 Å². The van der Waals surface area contributed by atoms with Gasteiger partial charge in [-0.2, -0.15) is 0 Å². The van der Waals surface area contributed by atoms with Crippen LogP contribution in [0.5, 0.6) is 17.2 Å². The Labute approximate surface area is 220 Å². The molecule has 5 rings (SSSR count). The lowest BCUT2D eigenvalue weighted by Gasteiger charge is -2.27. The Balaban J connectivity index is 1.70. The van der Waals surface area contributed by atoms with Crippen LogP contribution in [0.4, 0.5) is 5.69 Å². The predicted octanol–water partition coefficient (Wildman–Crippen LogP) is 6.33. The van der Waals surface area contributed by atoms with Gasteiger partial charge >= 0.3 is 0 Å². The maximum Gasteiger partial charge on any atom is 0.294 e. The molecule has 0 aliphatic carbocycles. The van der Waals surface area contributed by atoms with Crippen molar-refractivity contribution in [3.8, 4) is 17.2 Å². The largest absolute Gasteiger partial charge is 0.506 e. The highest BCUT2D eigenvalue weighted by Gasteiger charge is 2.46. The number of phenols is 2. The van der Waals surface area contributed by atoms with E-state index in [0.29, 0.717) is 21.6 Å². The number of phenolic OH excluding ortho intramolecular Hbond substituents is 2. The summed E-state index contributed by atoms with van der Waals surface area (Å²) in [5.74, 6) is -2.97. The number of halogens is 2. The molecule has 1 atom stereocenters. The van der Waals surface area contributed by atoms with Crippen molar-refractivity contribution in [3.05, 3.63) is 93.4 Å². The SMILES string of the molecule is CCOc1cc(C2C(C(=O)c3cc4cc(Cl)ccc4o3)=C(O)C(=O)N2c2cc(Cl)ccc2O)ccc1O. The van der Waals surface area contributed by atoms with Crippen LogP contribution < -0.4 is 9.64 Å². The predicted molar refractivity (Wildman–Crippen MR) is 138 cm³/mol. The number of fused-ring (bicyclic) bond motifs is 1. The number of anilines is 1. The van der Waals surface area contributed by atoms with Crippen molar-refractivity contribution in [2.75, 3.05) is 11.5 Å². The van der Waals surface area contributed by atoms with Gasteiger partial charge in [0.1, 0.15) is 11.3 Å². The fraction of sp³-hybridized carbons (Fsp3) is 0.111. The molecule has 1 aliphatic heterocycles. The molecule has 37 heavy (non-hydrogen) atoms. The molecular formula is C27H19Cl2NO7. The molecule has 0 radical (unpaired) electrons. The van der Waals surface area contributed by atoms with Gasteiger partial charge in [0.05, 0.1) is 23.9 Å². The van der Waals surface area contributed by atoms with Crippen LogP contribution in [-0.2, 0) is 4.79 Å². The minimum absolute atomic E-state index is 0.0285. The number of rotatable bonds is 6. The Morgan fingerprint density at radius 3 is 2.43 bits per heavy atom. The fourth-order valence-electron chi connectivity index (χ4n) is 4.32. The van der Waals surface area contributed by atoms with Crippen LogP contribution >= 0.6 is 23.2 Å². The van der Waals surface area contributed by atoms with Gasteiger partial charge in [0.2, 0.25) is 5.78 Å². The van der Waals surface area contributed by atoms with Crippen LogP contribution in [0.15, 0.2) is 76.4 Å². The molecule has 0 bridgehead atoms. The van der Waals surface area contributed by atoms with Gasteiger partial charge in [-0.3, -0.25) is 14.5 Å². The highest BCUT2D eigenvalue weighted by molar-refractivity contribution is 6.31. The lowest BCUT2D eigenvalue weighted by atomic mass is 9.94. The van der Waals surface area contributed by atoms with Crippen LogP contribution in [0.25, 0.3) is 11.0 Å². The number of aliphatic hydroxyl groups is 1. The van der Waals surface area contributed by atoms with E-state index in [1.165, 1.54) is 42.5 Å². The van der Waals surface area contributed by atoms with Gasteiger partial charge in [0, 0.05) is 15.4 Å². The van der Waals surface area contributed by atoms with E-state index in [4.69, 9.17) is 32.4 Å². The molecule has 1 aliphatic rings. The normalized spacial score (nSPS) is 15.6. The van der Waals surface area contributed by atoms with Crippen LogP contribution in [0.2, 0.25) is 10.0 Å². The van der Waals surface area contributed by atoms with Gasteiger partial charge in [0.15, 0.2) is 23.0 Å². The molecule has 2 heterocycles. The van der Waals surface area contributed by atoms with Crippen molar-refractivity contribution in [2.45, 2.75) is 13.0 Å². The minimum Gasteiger partial charge on any atom is -0.506 e. The molecule has 3 aromatic carbocycles. The number of aliphatic hydroxyl groups excluding tert-OH is 1. The van der Waals surface area contributed by atoms with Crippen molar-refractivity contribution in [1.29, 1.82) is 0 Å². The Morgan fingerprint density at radius 1 is 0.973 bits per heavy atom. The number of amides is 1. The Hall–Kier alpha value is -4.14. The van der Waals surface area contributed by atoms with Crippen LogP contribution in [-0.4, -0.2) is 33.6 Å². The van der Waals surface area contributed by atoms with Crippen molar-refractivity contribution in [1.82, 2.24) is 0 Å². The minimum atomic E-state index is -1.22. The van der Waals surface area contributed by atoms with E-state index in [9.17, 15) is 24.9 Å². The van der Waals surface area contributed by atoms with Crippen molar-refractivity contribution >= 4 is 51.5 Å². The number of benzene rings is 3. The van der Waals surface area contributed by atoms with E-state index < -0.39 is 23.5 Å². The summed E-state index contributed by atoms with van der Waals surface area (Å²) in [5, 5.41) is 33.0. The monoisotopic (exact) mass is 539 g/mol. The molecule has 188 valence electrons. The second-order valence-corrected chi connectivity index (χ2v) is 9.13. The third-order valence-corrected chi connectivity index (χ3v) is 6.42. The smallest absolute Gasteiger partial charge is 0.294 e. The molecule has 0 saturated heterocycles. The van der Waals surface area contributed by atoms with E-state index in [-0.39, 0.29) is 45.9 Å². The summed E-state index contributed by atoms with van der Waals surface area (Å²) in [6, 6.07) is 13.4. The topological polar surface area (TPSA) is 120 Å². The van der Waals surface area contributed by atoms with Gasteiger partial charge in [-0.15, -0.1) is 0 Å². The summed E-state index contributed by atoms with van der Waals surface area (Å²) < 4.78 is 11.2. The van der Waals surface area contributed by atoms with Crippen LogP contribution in [0.3, 0.4) is 0 Å². The quantitative estimate of drug-likeness (QED) is 0.244. The maximum atomic E-state index is 13.8. The van der Waals surface area contributed by atoms with E-state index in [0.717, 1.165) is 4.90 Å². The number of ether oxygens (including phenoxy) is 1. The number of hydrogen-bond acceptors (Lipinski definition) is 7. The maximum absolute atomic E-state index is 13.8. The lowest BCUT2D eigenvalue weighted by molar-refractivity contribution is -0.117. The second kappa shape index (κ2) is 9.38. The second-order valence-electron chi connectivity index (χ2n) is 8.26. The number of carbonyl (C=O) groups excluding carboxylic acids is 2. The number of Topliss-reactive ketones (excluding diaryl/α,β-unsaturated/α-hetero) is 1. The van der Waals surface area contributed by atoms with Crippen LogP contribution in [0, 0.1) is 0 Å². The summed E-state index contributed by atoms with van der Waals surface area (Å²) in [4.78, 5) is 28.2. The van der Waals surface area contributed by atoms with Gasteiger partial charge in [0.25, 0.3) is 5.91 Å². The third kappa shape index (κ3) is 4.24. The first-order valence-corrected chi connectivity index (χ1v) is 11.9. The molecule has 0 spiro atoms. The van der Waals surface area contributed by atoms with Crippen LogP contribution in [0.1, 0.15) is 29.1 Å². The molecule has 3 N–H and O–H groups in total. The first kappa shape index (κ1) is 24.5. The first-order valence-electron chi connectivity index (χ1n) is 11.1. The molecule has 1 amide bonds. The molecule has 0 fully saturated rings. The standard InChI is InChI=1S/C27H19Cl2NO7/c1-2-36-21-10-13(3-6-19(21)32)24-23(25(33)22-11-14-9-15(28)5-8-20(14)37-22)26(34)27(35)30(24)17-12-16(29)4-7-18(17)31/h3-12,24,31-32,34H,2H2,1H3. The van der Waals surface area contributed by atoms with E-state index in [1.54, 1.807) is 25.1 Å². The van der Waals surface area contributed by atoms with Gasteiger partial charge in [-0.25, -0.2) is 0 Å². The Bertz CT molecular complexity index is 1610. The van der Waals surface area contributed by atoms with E-state index in [1.807, 2.05) is 0 Å². The highest BCUT2D eigenvalue weighted by atomic mass is 35.5. The molecular weight excluding hydrogens is 521 g/mol. The number of furan rings is 1. The number of ketones is 1. The summed E-state index contributed by atoms with van der Waals surface area (Å²) >= 11 is 12.2. The molecule has 1 unspecified atom stereocenters. The highest BCUT2D eigenvalue weighted by Crippen LogP contribution is 2.46. The molecule has 1 aromatic heterocycles. The summed E-state index contributed by atoms with van der Waals surface area (Å²) in [6.07, 6.45) is 0. The number of carbonyl (C=O) groups is 2. The van der Waals surface area contributed by atoms with Gasteiger partial charge in [-0.05, 0) is 67.1 Å². The third-order valence-electron chi connectivity index (χ3n) is 5.95. The first-order chi connectivity index (χ1) is 17.7. The summed E-state index contributed by atoms with van der Waals surface area (Å²) in [5.41, 5.74) is 0.392. The molecule has 8 nitrogen and oxygen atoms in total. The van der Waals surface area contributed by atoms with Crippen molar-refractivity contribution < 1.29 is 34.1 Å². The summed E-state index contributed by atoms with van der Waals surface area (Å²) in [6.45, 7) is 1.98. The lowest BCUT2D eigenvalue weighted by Crippen LogP contribution is -2.31. The summed E-state index contributed by atoms with van der Waals surface area (Å²) in [7, 11) is 0. The average molecular weight is 540 g/mol. The Morgan fingerprint density at radius 2 is 1.68 bits per heavy atom. The van der Waals surface area contributed by atoms with Gasteiger partial charge in [-0.1, -0.05) is 29.3 Å². The zero-order valence-corrected chi connectivity index (χ0v) is 20.7. The Kier molecular flexibility index (Phi) is 6.23. The van der Waals surface area contributed by atoms with E-state index in [2.05, 4.69) is 0 Å². The fourth-order valence-corrected chi connectivity index (χ4v) is 4.67. The molecule has 0 saturated carbocycles. The van der Waals surface area contributed by atoms with E-state index >= 15 is 0 Å². The zero-order valence-electron chi connectivity index (χ0n) is 19.2. The molecule has 4 aromatic rings. The van der Waals surface area contributed by atoms with Crippen molar-refractivity contribution in [3.63, 3.8) is 0 Å². The number of aromatic hydroxyl groups is 2. The molecule has 10 heteroatoms. The number of hydrogen-bond donors (Lipinski definition) is 3. The van der Waals surface area contributed by atoms with Crippen molar-refractivity contribution in [2.24, 2.45) is 0 Å². The zero-order chi connectivity index (χ0) is 26.4. The number of nitrogens with zero attached hydrogens (tertiary/aromatic N) is 1.